The van der Waals surface area contributed by atoms with Crippen LogP contribution in [0.3, 0.4) is 0 Å². The lowest BCUT2D eigenvalue weighted by Gasteiger charge is -1.98. The Morgan fingerprint density at radius 1 is 1.00 bits per heavy atom. The zero-order valence-corrected chi connectivity index (χ0v) is 10.7. The molecule has 0 saturated heterocycles. The van der Waals surface area contributed by atoms with Crippen LogP contribution in [0.1, 0.15) is 10.4 Å². The third kappa shape index (κ3) is 1.92. The fourth-order valence-electron chi connectivity index (χ4n) is 2.27. The molecule has 0 radical (unpaired) electrons. The highest BCUT2D eigenvalue weighted by Gasteiger charge is 2.22. The molecule has 0 amide bonds. The van der Waals surface area contributed by atoms with Crippen LogP contribution in [0, 0.1) is 20.2 Å². The smallest absolute Gasteiger partial charge is 0.336 e. The molecule has 0 aliphatic heterocycles. The van der Waals surface area contributed by atoms with Crippen molar-refractivity contribution in [2.45, 2.75) is 0 Å². The van der Waals surface area contributed by atoms with Gasteiger partial charge in [-0.2, -0.15) is 0 Å². The minimum Gasteiger partial charge on any atom is -0.478 e. The molecule has 0 bridgehead atoms. The first kappa shape index (κ1) is 13.5. The molecule has 3 rings (SSSR count). The number of carboxylic acid groups (broad SMARTS) is 1. The number of hydrogen-bond donors (Lipinski definition) is 1. The average Bonchev–Trinajstić information content (AvgIpc) is 2.82. The number of furan rings is 1. The molecule has 3 aromatic rings. The first-order chi connectivity index (χ1) is 10.4. The molecule has 0 aliphatic rings. The number of rotatable bonds is 3. The predicted molar refractivity (Wildman–Crippen MR) is 74.0 cm³/mol. The second-order valence-electron chi connectivity index (χ2n) is 4.47. The minimum atomic E-state index is -1.35. The summed E-state index contributed by atoms with van der Waals surface area (Å²) in [4.78, 5) is 31.6. The van der Waals surface area contributed by atoms with Crippen LogP contribution >= 0.6 is 0 Å². The summed E-state index contributed by atoms with van der Waals surface area (Å²) in [7, 11) is 0. The third-order valence-electron chi connectivity index (χ3n) is 3.19. The van der Waals surface area contributed by atoms with Gasteiger partial charge in [-0.05, 0) is 6.07 Å². The summed E-state index contributed by atoms with van der Waals surface area (Å²) in [5.41, 5.74) is -0.873. The van der Waals surface area contributed by atoms with Gasteiger partial charge in [-0.1, -0.05) is 0 Å². The number of non-ortho nitro benzene ring substituents is 2. The summed E-state index contributed by atoms with van der Waals surface area (Å²) in [6.45, 7) is 0. The molecule has 0 fully saturated rings. The lowest BCUT2D eigenvalue weighted by Crippen LogP contribution is -1.99. The summed E-state index contributed by atoms with van der Waals surface area (Å²) in [6, 6.07) is 5.74. The van der Waals surface area contributed by atoms with Crippen LogP contribution in [0.25, 0.3) is 21.9 Å². The summed E-state index contributed by atoms with van der Waals surface area (Å²) in [6.07, 6.45) is 0. The number of nitro benzene ring substituents is 2. The topological polar surface area (TPSA) is 137 Å². The number of benzene rings is 2. The first-order valence-corrected chi connectivity index (χ1v) is 5.91. The van der Waals surface area contributed by atoms with E-state index >= 15 is 0 Å². The number of nitrogens with zero attached hydrogens (tertiary/aromatic N) is 2. The SMILES string of the molecule is O=C(O)c1cc([N+](=O)[O-])cc2oc3cc([N+](=O)[O-])ccc3c12. The van der Waals surface area contributed by atoms with Gasteiger partial charge >= 0.3 is 5.97 Å². The summed E-state index contributed by atoms with van der Waals surface area (Å²) >= 11 is 0. The first-order valence-electron chi connectivity index (χ1n) is 5.91. The van der Waals surface area contributed by atoms with E-state index in [-0.39, 0.29) is 27.8 Å². The lowest BCUT2D eigenvalue weighted by atomic mass is 10.1. The quantitative estimate of drug-likeness (QED) is 0.579. The molecule has 1 aromatic heterocycles. The molecule has 1 heterocycles. The summed E-state index contributed by atoms with van der Waals surface area (Å²) in [5.74, 6) is -1.35. The van der Waals surface area contributed by atoms with Crippen LogP contribution in [0.2, 0.25) is 0 Å². The molecule has 0 unspecified atom stereocenters. The Labute approximate surface area is 120 Å². The van der Waals surface area contributed by atoms with E-state index in [0.29, 0.717) is 5.39 Å². The molecule has 9 nitrogen and oxygen atoms in total. The molecule has 0 aliphatic carbocycles. The Balaban J connectivity index is 2.44. The second-order valence-corrected chi connectivity index (χ2v) is 4.47. The van der Waals surface area contributed by atoms with Gasteiger partial charge in [0.05, 0.1) is 27.5 Å². The van der Waals surface area contributed by atoms with Crippen LogP contribution in [-0.4, -0.2) is 20.9 Å². The molecule has 0 spiro atoms. The fourth-order valence-corrected chi connectivity index (χ4v) is 2.27. The third-order valence-corrected chi connectivity index (χ3v) is 3.19. The van der Waals surface area contributed by atoms with Gasteiger partial charge in [0.25, 0.3) is 11.4 Å². The largest absolute Gasteiger partial charge is 0.478 e. The number of aromatic carboxylic acids is 1. The van der Waals surface area contributed by atoms with E-state index in [1.165, 1.54) is 12.1 Å². The van der Waals surface area contributed by atoms with E-state index in [2.05, 4.69) is 0 Å². The van der Waals surface area contributed by atoms with Crippen molar-refractivity contribution in [3.05, 3.63) is 56.1 Å². The Morgan fingerprint density at radius 2 is 1.64 bits per heavy atom. The molecular formula is C13H6N2O7. The number of carboxylic acids is 1. The normalized spacial score (nSPS) is 10.9. The van der Waals surface area contributed by atoms with Crippen LogP contribution in [0.15, 0.2) is 34.7 Å². The average molecular weight is 302 g/mol. The van der Waals surface area contributed by atoms with Gasteiger partial charge in [-0.25, -0.2) is 4.79 Å². The van der Waals surface area contributed by atoms with Crippen LogP contribution in [-0.2, 0) is 0 Å². The van der Waals surface area contributed by atoms with E-state index in [4.69, 9.17) is 4.42 Å². The predicted octanol–water partition coefficient (Wildman–Crippen LogP) is 3.10. The zero-order chi connectivity index (χ0) is 16.0. The maximum absolute atomic E-state index is 11.3. The Hall–Kier alpha value is -3.49. The highest BCUT2D eigenvalue weighted by Crippen LogP contribution is 2.35. The van der Waals surface area contributed by atoms with Gasteiger partial charge < -0.3 is 9.52 Å². The molecule has 0 atom stereocenters. The maximum Gasteiger partial charge on any atom is 0.336 e. The van der Waals surface area contributed by atoms with Gasteiger partial charge in [0, 0.05) is 22.9 Å². The van der Waals surface area contributed by atoms with E-state index in [1.807, 2.05) is 0 Å². The number of nitro groups is 2. The monoisotopic (exact) mass is 302 g/mol. The number of fused-ring (bicyclic) bond motifs is 3. The van der Waals surface area contributed by atoms with E-state index < -0.39 is 21.5 Å². The second kappa shape index (κ2) is 4.52. The number of carbonyl (C=O) groups is 1. The minimum absolute atomic E-state index is 0.0119. The van der Waals surface area contributed by atoms with Crippen molar-refractivity contribution in [2.24, 2.45) is 0 Å². The fraction of sp³-hybridized carbons (Fsp3) is 0. The van der Waals surface area contributed by atoms with Gasteiger partial charge in [0.2, 0.25) is 0 Å². The Bertz CT molecular complexity index is 973. The molecule has 22 heavy (non-hydrogen) atoms. The van der Waals surface area contributed by atoms with Crippen LogP contribution < -0.4 is 0 Å². The van der Waals surface area contributed by atoms with Crippen molar-refractivity contribution in [3.8, 4) is 0 Å². The van der Waals surface area contributed by atoms with Crippen molar-refractivity contribution in [1.82, 2.24) is 0 Å². The molecule has 1 N–H and O–H groups in total. The van der Waals surface area contributed by atoms with E-state index in [9.17, 15) is 30.1 Å². The molecule has 110 valence electrons. The molecular weight excluding hydrogens is 296 g/mol. The van der Waals surface area contributed by atoms with Crippen molar-refractivity contribution >= 4 is 39.3 Å². The summed E-state index contributed by atoms with van der Waals surface area (Å²) < 4.78 is 5.35. The van der Waals surface area contributed by atoms with E-state index in [1.54, 1.807) is 0 Å². The van der Waals surface area contributed by atoms with Gasteiger partial charge in [0.1, 0.15) is 11.2 Å². The Kier molecular flexibility index (Phi) is 2.77. The standard InChI is InChI=1S/C13H6N2O7/c16-13(17)9-3-7(15(20)21)5-11-12(9)8-2-1-6(14(18)19)4-10(8)22-11/h1-5H,(H,16,17). The number of hydrogen-bond acceptors (Lipinski definition) is 6. The van der Waals surface area contributed by atoms with Crippen molar-refractivity contribution in [1.29, 1.82) is 0 Å². The van der Waals surface area contributed by atoms with Crippen molar-refractivity contribution in [3.63, 3.8) is 0 Å². The summed E-state index contributed by atoms with van der Waals surface area (Å²) in [5, 5.41) is 31.4. The van der Waals surface area contributed by atoms with Gasteiger partial charge in [-0.3, -0.25) is 20.2 Å². The van der Waals surface area contributed by atoms with Crippen LogP contribution in [0.4, 0.5) is 11.4 Å². The highest BCUT2D eigenvalue weighted by molar-refractivity contribution is 6.15. The van der Waals surface area contributed by atoms with Crippen LogP contribution in [0.5, 0.6) is 0 Å². The van der Waals surface area contributed by atoms with E-state index in [0.717, 1.165) is 18.2 Å². The molecule has 9 heteroatoms. The molecule has 2 aromatic carbocycles. The highest BCUT2D eigenvalue weighted by atomic mass is 16.6. The maximum atomic E-state index is 11.3. The van der Waals surface area contributed by atoms with Gasteiger partial charge in [-0.15, -0.1) is 0 Å². The lowest BCUT2D eigenvalue weighted by molar-refractivity contribution is -0.384. The molecule has 0 saturated carbocycles. The zero-order valence-electron chi connectivity index (χ0n) is 10.7. The van der Waals surface area contributed by atoms with Crippen molar-refractivity contribution in [2.75, 3.05) is 0 Å². The van der Waals surface area contributed by atoms with Gasteiger partial charge in [0.15, 0.2) is 0 Å². The Morgan fingerprint density at radius 3 is 2.23 bits per heavy atom. The van der Waals surface area contributed by atoms with Crippen molar-refractivity contribution < 1.29 is 24.2 Å².